The molecule has 0 saturated carbocycles. The molecule has 1 nitrogen and oxygen atoms in total. The quantitative estimate of drug-likeness (QED) is 0.0904. The Labute approximate surface area is 331 Å². The van der Waals surface area contributed by atoms with Crippen LogP contribution in [0.25, 0.3) is 88.2 Å². The molecular formula is C55H47N. The van der Waals surface area contributed by atoms with Crippen molar-refractivity contribution in [1.82, 2.24) is 4.98 Å². The topological polar surface area (TPSA) is 12.9 Å². The van der Waals surface area contributed by atoms with Crippen molar-refractivity contribution in [2.75, 3.05) is 0 Å². The number of para-hydroxylation sites is 1. The molecule has 0 amide bonds. The minimum absolute atomic E-state index is 1.00. The highest BCUT2D eigenvalue weighted by atomic mass is 14.7. The lowest BCUT2D eigenvalue weighted by Gasteiger charge is -2.18. The SMILES string of the molecule is CCCCCCCCc1ccc(-c2cc(-c3ccccc3)c3cccc(-c4ccc(-c5c6ccccc6c(-c6ccccc6)c6ccccc56)cc4)c3n2)cc1. The lowest BCUT2D eigenvalue weighted by atomic mass is 9.85. The largest absolute Gasteiger partial charge is 0.247 e. The van der Waals surface area contributed by atoms with Crippen LogP contribution in [0.4, 0.5) is 0 Å². The molecule has 1 aromatic heterocycles. The van der Waals surface area contributed by atoms with E-state index in [9.17, 15) is 0 Å². The van der Waals surface area contributed by atoms with Gasteiger partial charge in [-0.3, -0.25) is 0 Å². The molecule has 0 fully saturated rings. The minimum atomic E-state index is 1.00. The molecule has 0 unspecified atom stereocenters. The molecule has 8 aromatic carbocycles. The number of fused-ring (bicyclic) bond motifs is 3. The van der Waals surface area contributed by atoms with Crippen molar-refractivity contribution in [3.8, 4) is 55.8 Å². The van der Waals surface area contributed by atoms with E-state index in [1.165, 1.54) is 99.0 Å². The van der Waals surface area contributed by atoms with Gasteiger partial charge in [-0.1, -0.05) is 215 Å². The Morgan fingerprint density at radius 3 is 1.43 bits per heavy atom. The fourth-order valence-corrected chi connectivity index (χ4v) is 8.61. The van der Waals surface area contributed by atoms with Gasteiger partial charge in [-0.05, 0) is 85.0 Å². The van der Waals surface area contributed by atoms with Gasteiger partial charge >= 0.3 is 0 Å². The Balaban J connectivity index is 1.12. The van der Waals surface area contributed by atoms with Crippen LogP contribution in [0.1, 0.15) is 51.0 Å². The number of rotatable bonds is 12. The monoisotopic (exact) mass is 721 g/mol. The van der Waals surface area contributed by atoms with Crippen LogP contribution in [0, 0.1) is 0 Å². The number of pyridine rings is 1. The third kappa shape index (κ3) is 7.02. The number of hydrogen-bond donors (Lipinski definition) is 0. The van der Waals surface area contributed by atoms with Crippen molar-refractivity contribution in [3.63, 3.8) is 0 Å². The predicted molar refractivity (Wildman–Crippen MR) is 241 cm³/mol. The summed E-state index contributed by atoms with van der Waals surface area (Å²) in [5, 5.41) is 6.23. The van der Waals surface area contributed by atoms with E-state index >= 15 is 0 Å². The molecule has 1 heterocycles. The van der Waals surface area contributed by atoms with Crippen LogP contribution < -0.4 is 0 Å². The molecule has 9 aromatic rings. The van der Waals surface area contributed by atoms with E-state index in [-0.39, 0.29) is 0 Å². The molecule has 0 saturated heterocycles. The predicted octanol–water partition coefficient (Wildman–Crippen LogP) is 15.8. The molecule has 0 aliphatic heterocycles. The van der Waals surface area contributed by atoms with Crippen LogP contribution in [0.3, 0.4) is 0 Å². The maximum Gasteiger partial charge on any atom is 0.0794 e. The third-order valence-electron chi connectivity index (χ3n) is 11.5. The minimum Gasteiger partial charge on any atom is -0.247 e. The summed E-state index contributed by atoms with van der Waals surface area (Å²) >= 11 is 0. The van der Waals surface area contributed by atoms with Gasteiger partial charge in [0.2, 0.25) is 0 Å². The standard InChI is InChI=1S/C55H47N/c1-2-3-4-5-6-9-19-39-30-32-42(33-31-39)52-38-51(40-20-10-7-11-21-40)50-29-18-28-45(55(50)56-52)41-34-36-44(37-35-41)54-48-26-16-14-24-46(48)53(43-22-12-8-13-23-43)47-25-15-17-27-49(47)54/h7-8,10-18,20-38H,2-6,9,19H2,1H3. The summed E-state index contributed by atoms with van der Waals surface area (Å²) in [5.74, 6) is 0. The summed E-state index contributed by atoms with van der Waals surface area (Å²) in [6, 6.07) is 66.5. The van der Waals surface area contributed by atoms with Crippen molar-refractivity contribution in [2.24, 2.45) is 0 Å². The van der Waals surface area contributed by atoms with Gasteiger partial charge in [-0.2, -0.15) is 0 Å². The first kappa shape index (κ1) is 35.4. The van der Waals surface area contributed by atoms with Gasteiger partial charge in [-0.15, -0.1) is 0 Å². The molecule has 0 bridgehead atoms. The fraction of sp³-hybridized carbons (Fsp3) is 0.145. The van der Waals surface area contributed by atoms with E-state index < -0.39 is 0 Å². The first-order chi connectivity index (χ1) is 27.8. The maximum atomic E-state index is 5.44. The van der Waals surface area contributed by atoms with Crippen molar-refractivity contribution in [1.29, 1.82) is 0 Å². The number of aromatic nitrogens is 1. The van der Waals surface area contributed by atoms with Crippen LogP contribution in [0.2, 0.25) is 0 Å². The average molecular weight is 722 g/mol. The first-order valence-corrected chi connectivity index (χ1v) is 20.4. The molecule has 9 rings (SSSR count). The molecule has 0 aliphatic carbocycles. The van der Waals surface area contributed by atoms with Crippen molar-refractivity contribution in [3.05, 3.63) is 188 Å². The maximum absolute atomic E-state index is 5.44. The second-order valence-corrected chi connectivity index (χ2v) is 15.1. The van der Waals surface area contributed by atoms with E-state index in [1.807, 2.05) is 0 Å². The van der Waals surface area contributed by atoms with Gasteiger partial charge in [0.05, 0.1) is 11.2 Å². The number of aryl methyl sites for hydroxylation is 1. The normalized spacial score (nSPS) is 11.4. The van der Waals surface area contributed by atoms with Crippen LogP contribution >= 0.6 is 0 Å². The zero-order valence-electron chi connectivity index (χ0n) is 32.2. The molecule has 272 valence electrons. The van der Waals surface area contributed by atoms with Gasteiger partial charge < -0.3 is 0 Å². The molecule has 0 spiro atoms. The Morgan fingerprint density at radius 2 is 0.821 bits per heavy atom. The Kier molecular flexibility index (Phi) is 10.2. The number of nitrogens with zero attached hydrogens (tertiary/aromatic N) is 1. The number of benzene rings is 8. The highest BCUT2D eigenvalue weighted by Gasteiger charge is 2.18. The molecule has 0 aliphatic rings. The smallest absolute Gasteiger partial charge is 0.0794 e. The highest BCUT2D eigenvalue weighted by Crippen LogP contribution is 2.44. The van der Waals surface area contributed by atoms with Crippen molar-refractivity contribution >= 4 is 32.4 Å². The molecule has 56 heavy (non-hydrogen) atoms. The zero-order chi connectivity index (χ0) is 37.7. The second-order valence-electron chi connectivity index (χ2n) is 15.1. The molecule has 0 N–H and O–H groups in total. The van der Waals surface area contributed by atoms with E-state index in [2.05, 4.69) is 189 Å². The Bertz CT molecular complexity index is 2690. The lowest BCUT2D eigenvalue weighted by Crippen LogP contribution is -1.94. The second kappa shape index (κ2) is 16.2. The molecular weight excluding hydrogens is 675 g/mol. The number of unbranched alkanes of at least 4 members (excludes halogenated alkanes) is 5. The summed E-state index contributed by atoms with van der Waals surface area (Å²) in [4.78, 5) is 5.44. The van der Waals surface area contributed by atoms with Gasteiger partial charge in [0.25, 0.3) is 0 Å². The highest BCUT2D eigenvalue weighted by molar-refractivity contribution is 6.21. The lowest BCUT2D eigenvalue weighted by molar-refractivity contribution is 0.607. The van der Waals surface area contributed by atoms with E-state index in [4.69, 9.17) is 4.98 Å². The van der Waals surface area contributed by atoms with Gasteiger partial charge in [0.15, 0.2) is 0 Å². The van der Waals surface area contributed by atoms with E-state index in [1.54, 1.807) is 0 Å². The summed E-state index contributed by atoms with van der Waals surface area (Å²) in [6.45, 7) is 2.28. The van der Waals surface area contributed by atoms with Crippen LogP contribution in [-0.2, 0) is 6.42 Å². The Morgan fingerprint density at radius 1 is 0.357 bits per heavy atom. The third-order valence-corrected chi connectivity index (χ3v) is 11.5. The van der Waals surface area contributed by atoms with Crippen LogP contribution in [0.5, 0.6) is 0 Å². The van der Waals surface area contributed by atoms with Crippen molar-refractivity contribution in [2.45, 2.75) is 51.9 Å². The van der Waals surface area contributed by atoms with Gasteiger partial charge in [0.1, 0.15) is 0 Å². The average Bonchev–Trinajstić information content (AvgIpc) is 3.27. The summed E-state index contributed by atoms with van der Waals surface area (Å²) in [5.41, 5.74) is 14.3. The van der Waals surface area contributed by atoms with Gasteiger partial charge in [0, 0.05) is 16.5 Å². The van der Waals surface area contributed by atoms with E-state index in [0.29, 0.717) is 0 Å². The van der Waals surface area contributed by atoms with Crippen LogP contribution in [-0.4, -0.2) is 4.98 Å². The Hall–Kier alpha value is -6.31. The zero-order valence-corrected chi connectivity index (χ0v) is 32.2. The van der Waals surface area contributed by atoms with Crippen LogP contribution in [0.15, 0.2) is 182 Å². The summed E-state index contributed by atoms with van der Waals surface area (Å²) in [7, 11) is 0. The fourth-order valence-electron chi connectivity index (χ4n) is 8.61. The summed E-state index contributed by atoms with van der Waals surface area (Å²) in [6.07, 6.45) is 9.05. The first-order valence-electron chi connectivity index (χ1n) is 20.4. The summed E-state index contributed by atoms with van der Waals surface area (Å²) < 4.78 is 0. The molecule has 0 atom stereocenters. The number of hydrogen-bond acceptors (Lipinski definition) is 1. The van der Waals surface area contributed by atoms with E-state index in [0.717, 1.165) is 39.7 Å². The van der Waals surface area contributed by atoms with Gasteiger partial charge in [-0.25, -0.2) is 4.98 Å². The van der Waals surface area contributed by atoms with Crippen molar-refractivity contribution < 1.29 is 0 Å². The molecule has 1 heteroatoms. The molecule has 0 radical (unpaired) electrons.